The van der Waals surface area contributed by atoms with Crippen LogP contribution in [0.25, 0.3) is 0 Å². The third kappa shape index (κ3) is 5.29. The Bertz CT molecular complexity index is 228. The van der Waals surface area contributed by atoms with Gasteiger partial charge in [-0.3, -0.25) is 0 Å². The summed E-state index contributed by atoms with van der Waals surface area (Å²) in [6.07, 6.45) is 1.04. The predicted octanol–water partition coefficient (Wildman–Crippen LogP) is 3.62. The molecule has 1 heteroatoms. The van der Waals surface area contributed by atoms with E-state index in [1.165, 1.54) is 5.56 Å². The first-order valence-electron chi connectivity index (χ1n) is 4.96. The highest BCUT2D eigenvalue weighted by Gasteiger charge is 1.97. The van der Waals surface area contributed by atoms with Crippen LogP contribution >= 0.6 is 0 Å². The second-order valence-corrected chi connectivity index (χ2v) is 3.27. The third-order valence-corrected chi connectivity index (χ3v) is 1.55. The van der Waals surface area contributed by atoms with Gasteiger partial charge in [0.05, 0.1) is 0 Å². The molecule has 1 aromatic rings. The van der Waals surface area contributed by atoms with E-state index in [-0.39, 0.29) is 0 Å². The lowest BCUT2D eigenvalue weighted by molar-refractivity contribution is 0.474. The third-order valence-electron chi connectivity index (χ3n) is 1.55. The maximum absolute atomic E-state index is 9.13. The van der Waals surface area contributed by atoms with Gasteiger partial charge in [0.15, 0.2) is 0 Å². The predicted molar refractivity (Wildman–Crippen MR) is 58.0 cm³/mol. The van der Waals surface area contributed by atoms with Gasteiger partial charge in [-0.25, -0.2) is 0 Å². The van der Waals surface area contributed by atoms with Gasteiger partial charge in [-0.05, 0) is 30.0 Å². The fourth-order valence-corrected chi connectivity index (χ4v) is 1.15. The van der Waals surface area contributed by atoms with E-state index in [9.17, 15) is 0 Å². The summed E-state index contributed by atoms with van der Waals surface area (Å²) >= 11 is 0. The van der Waals surface area contributed by atoms with E-state index in [0.29, 0.717) is 11.7 Å². The highest BCUT2D eigenvalue weighted by atomic mass is 16.3. The fraction of sp³-hybridized carbons (Fsp3) is 0.500. The first kappa shape index (κ1) is 12.0. The van der Waals surface area contributed by atoms with Crippen LogP contribution in [0.1, 0.15) is 33.3 Å². The molecule has 0 unspecified atom stereocenters. The molecule has 0 bridgehead atoms. The van der Waals surface area contributed by atoms with E-state index in [1.54, 1.807) is 6.07 Å². The van der Waals surface area contributed by atoms with Gasteiger partial charge in [-0.2, -0.15) is 0 Å². The quantitative estimate of drug-likeness (QED) is 0.737. The van der Waals surface area contributed by atoms with Crippen LogP contribution in [0.15, 0.2) is 24.3 Å². The Morgan fingerprint density at radius 3 is 2.31 bits per heavy atom. The van der Waals surface area contributed by atoms with E-state index in [1.807, 2.05) is 32.0 Å². The average Bonchev–Trinajstić information content (AvgIpc) is 2.06. The summed E-state index contributed by atoms with van der Waals surface area (Å²) in [5.74, 6) is 1.01. The Kier molecular flexibility index (Phi) is 6.03. The molecular formula is C12H20O. The lowest BCUT2D eigenvalue weighted by Gasteiger charge is -2.04. The van der Waals surface area contributed by atoms with Crippen molar-refractivity contribution in [3.8, 4) is 5.75 Å². The molecule has 0 fully saturated rings. The zero-order chi connectivity index (χ0) is 10.3. The number of phenols is 1. The van der Waals surface area contributed by atoms with Crippen LogP contribution in [0.4, 0.5) is 0 Å². The summed E-state index contributed by atoms with van der Waals surface area (Å²) in [6.45, 7) is 8.34. The molecule has 0 aliphatic heterocycles. The molecule has 1 aromatic carbocycles. The maximum atomic E-state index is 9.13. The lowest BCUT2D eigenvalue weighted by atomic mass is 10.0. The summed E-state index contributed by atoms with van der Waals surface area (Å²) in [4.78, 5) is 0. The summed E-state index contributed by atoms with van der Waals surface area (Å²) < 4.78 is 0. The standard InChI is InChI=1S/C10H14O.C2H6/c1-8(2)6-9-4-3-5-10(11)7-9;1-2/h3-5,7-8,11H,6H2,1-2H3;1-2H3. The molecule has 1 rings (SSSR count). The number of phenolic OH excluding ortho intramolecular Hbond substituents is 1. The minimum Gasteiger partial charge on any atom is -0.508 e. The van der Waals surface area contributed by atoms with Gasteiger partial charge in [0.2, 0.25) is 0 Å². The topological polar surface area (TPSA) is 20.2 Å². The molecule has 1 N–H and O–H groups in total. The molecule has 0 amide bonds. The Balaban J connectivity index is 0.000000671. The Labute approximate surface area is 81.4 Å². The molecule has 13 heavy (non-hydrogen) atoms. The van der Waals surface area contributed by atoms with Crippen LogP contribution in [-0.4, -0.2) is 5.11 Å². The summed E-state index contributed by atoms with van der Waals surface area (Å²) in [6, 6.07) is 7.44. The fourth-order valence-electron chi connectivity index (χ4n) is 1.15. The maximum Gasteiger partial charge on any atom is 0.115 e. The SMILES string of the molecule is CC.CC(C)Cc1cccc(O)c1. The molecule has 1 nitrogen and oxygen atoms in total. The van der Waals surface area contributed by atoms with E-state index in [4.69, 9.17) is 5.11 Å². The minimum absolute atomic E-state index is 0.364. The van der Waals surface area contributed by atoms with Gasteiger partial charge < -0.3 is 5.11 Å². The van der Waals surface area contributed by atoms with Crippen LogP contribution in [0.3, 0.4) is 0 Å². The molecule has 0 atom stereocenters. The summed E-state index contributed by atoms with van der Waals surface area (Å²) in [5, 5.41) is 9.13. The average molecular weight is 180 g/mol. The van der Waals surface area contributed by atoms with Crippen molar-refractivity contribution in [1.82, 2.24) is 0 Å². The van der Waals surface area contributed by atoms with Gasteiger partial charge in [0.1, 0.15) is 5.75 Å². The molecule has 0 saturated heterocycles. The molecule has 0 spiro atoms. The number of aromatic hydroxyl groups is 1. The normalized spacial score (nSPS) is 9.31. The molecule has 0 aliphatic carbocycles. The first-order valence-corrected chi connectivity index (χ1v) is 4.96. The van der Waals surface area contributed by atoms with Crippen LogP contribution in [0.5, 0.6) is 5.75 Å². The molecule has 0 radical (unpaired) electrons. The van der Waals surface area contributed by atoms with Crippen molar-refractivity contribution in [2.24, 2.45) is 5.92 Å². The lowest BCUT2D eigenvalue weighted by Crippen LogP contribution is -1.92. The number of hydrogen-bond acceptors (Lipinski definition) is 1. The Hall–Kier alpha value is -0.980. The van der Waals surface area contributed by atoms with Crippen molar-refractivity contribution < 1.29 is 5.11 Å². The van der Waals surface area contributed by atoms with Gasteiger partial charge in [-0.1, -0.05) is 39.8 Å². The second-order valence-electron chi connectivity index (χ2n) is 3.27. The summed E-state index contributed by atoms with van der Waals surface area (Å²) in [5.41, 5.74) is 1.21. The minimum atomic E-state index is 0.364. The Morgan fingerprint density at radius 2 is 1.85 bits per heavy atom. The van der Waals surface area contributed by atoms with E-state index in [0.717, 1.165) is 6.42 Å². The largest absolute Gasteiger partial charge is 0.508 e. The summed E-state index contributed by atoms with van der Waals surface area (Å²) in [7, 11) is 0. The second kappa shape index (κ2) is 6.53. The van der Waals surface area contributed by atoms with Gasteiger partial charge in [-0.15, -0.1) is 0 Å². The van der Waals surface area contributed by atoms with Crippen molar-refractivity contribution in [2.75, 3.05) is 0 Å². The Morgan fingerprint density at radius 1 is 1.23 bits per heavy atom. The van der Waals surface area contributed by atoms with E-state index < -0.39 is 0 Å². The van der Waals surface area contributed by atoms with Gasteiger partial charge in [0, 0.05) is 0 Å². The van der Waals surface area contributed by atoms with Crippen molar-refractivity contribution >= 4 is 0 Å². The molecule has 0 aromatic heterocycles. The zero-order valence-electron chi connectivity index (χ0n) is 9.04. The monoisotopic (exact) mass is 180 g/mol. The molecule has 0 heterocycles. The van der Waals surface area contributed by atoms with Crippen LogP contribution in [0, 0.1) is 5.92 Å². The molecule has 74 valence electrons. The molecule has 0 saturated carbocycles. The molecule has 0 aliphatic rings. The first-order chi connectivity index (χ1) is 6.18. The van der Waals surface area contributed by atoms with Crippen molar-refractivity contribution in [2.45, 2.75) is 34.1 Å². The zero-order valence-corrected chi connectivity index (χ0v) is 9.04. The van der Waals surface area contributed by atoms with Crippen molar-refractivity contribution in [1.29, 1.82) is 0 Å². The van der Waals surface area contributed by atoms with Crippen LogP contribution < -0.4 is 0 Å². The smallest absolute Gasteiger partial charge is 0.115 e. The highest BCUT2D eigenvalue weighted by Crippen LogP contribution is 2.13. The van der Waals surface area contributed by atoms with Crippen LogP contribution in [0.2, 0.25) is 0 Å². The highest BCUT2D eigenvalue weighted by molar-refractivity contribution is 5.27. The number of benzene rings is 1. The number of hydrogen-bond donors (Lipinski definition) is 1. The number of rotatable bonds is 2. The van der Waals surface area contributed by atoms with Gasteiger partial charge in [0.25, 0.3) is 0 Å². The van der Waals surface area contributed by atoms with Crippen LogP contribution in [-0.2, 0) is 6.42 Å². The van der Waals surface area contributed by atoms with Crippen molar-refractivity contribution in [3.05, 3.63) is 29.8 Å². The van der Waals surface area contributed by atoms with Gasteiger partial charge >= 0.3 is 0 Å². The van der Waals surface area contributed by atoms with Crippen molar-refractivity contribution in [3.63, 3.8) is 0 Å². The molecular weight excluding hydrogens is 160 g/mol. The van der Waals surface area contributed by atoms with E-state index >= 15 is 0 Å². The van der Waals surface area contributed by atoms with E-state index in [2.05, 4.69) is 13.8 Å².